The number of aliphatic hydroxyl groups is 1. The van der Waals surface area contributed by atoms with Gasteiger partial charge in [0.25, 0.3) is 0 Å². The lowest BCUT2D eigenvalue weighted by molar-refractivity contribution is -0.00747. The van der Waals surface area contributed by atoms with Crippen molar-refractivity contribution in [1.29, 1.82) is 0 Å². The fraction of sp³-hybridized carbons (Fsp3) is 0.471. The van der Waals surface area contributed by atoms with E-state index in [9.17, 15) is 9.90 Å². The second-order valence-corrected chi connectivity index (χ2v) is 6.15. The van der Waals surface area contributed by atoms with E-state index in [0.717, 1.165) is 36.6 Å². The first-order valence-electron chi connectivity index (χ1n) is 7.55. The number of para-hydroxylation sites is 1. The van der Waals surface area contributed by atoms with Gasteiger partial charge in [-0.15, -0.1) is 0 Å². The molecule has 1 saturated carbocycles. The first kappa shape index (κ1) is 14.3. The van der Waals surface area contributed by atoms with Crippen molar-refractivity contribution in [1.82, 2.24) is 0 Å². The Morgan fingerprint density at radius 1 is 1.24 bits per heavy atom. The molecule has 112 valence electrons. The van der Waals surface area contributed by atoms with E-state index in [1.165, 1.54) is 6.07 Å². The fourth-order valence-corrected chi connectivity index (χ4v) is 3.14. The maximum atomic E-state index is 11.4. The van der Waals surface area contributed by atoms with Gasteiger partial charge in [0.1, 0.15) is 5.58 Å². The van der Waals surface area contributed by atoms with Crippen molar-refractivity contribution in [2.24, 2.45) is 5.73 Å². The predicted molar refractivity (Wildman–Crippen MR) is 82.2 cm³/mol. The SMILES string of the molecule is N[C@H]1CC[C@](O)(CCc2cccc3ccc(=O)oc23)CC1. The van der Waals surface area contributed by atoms with Crippen LogP contribution in [0.2, 0.25) is 0 Å². The van der Waals surface area contributed by atoms with Crippen molar-refractivity contribution in [2.75, 3.05) is 0 Å². The molecule has 0 saturated heterocycles. The molecule has 1 aliphatic rings. The van der Waals surface area contributed by atoms with Gasteiger partial charge in [-0.05, 0) is 50.2 Å². The van der Waals surface area contributed by atoms with Crippen LogP contribution in [0.25, 0.3) is 11.0 Å². The molecule has 1 aliphatic carbocycles. The van der Waals surface area contributed by atoms with Crippen LogP contribution in [0.1, 0.15) is 37.7 Å². The minimum absolute atomic E-state index is 0.223. The third-order valence-electron chi connectivity index (χ3n) is 4.55. The normalized spacial score (nSPS) is 26.1. The highest BCUT2D eigenvalue weighted by Crippen LogP contribution is 2.32. The summed E-state index contributed by atoms with van der Waals surface area (Å²) in [6, 6.07) is 9.28. The maximum Gasteiger partial charge on any atom is 0.336 e. The van der Waals surface area contributed by atoms with E-state index in [0.29, 0.717) is 18.4 Å². The molecule has 0 aliphatic heterocycles. The van der Waals surface area contributed by atoms with E-state index in [4.69, 9.17) is 10.2 Å². The molecule has 1 heterocycles. The number of aryl methyl sites for hydroxylation is 1. The maximum absolute atomic E-state index is 11.4. The topological polar surface area (TPSA) is 76.5 Å². The van der Waals surface area contributed by atoms with E-state index in [-0.39, 0.29) is 11.7 Å². The summed E-state index contributed by atoms with van der Waals surface area (Å²) in [5.41, 5.74) is 6.55. The molecule has 1 aromatic carbocycles. The highest BCUT2D eigenvalue weighted by atomic mass is 16.4. The lowest BCUT2D eigenvalue weighted by Gasteiger charge is -2.34. The van der Waals surface area contributed by atoms with E-state index < -0.39 is 5.60 Å². The molecule has 1 aromatic heterocycles. The van der Waals surface area contributed by atoms with Crippen LogP contribution in [-0.2, 0) is 6.42 Å². The van der Waals surface area contributed by atoms with Gasteiger partial charge in [-0.3, -0.25) is 0 Å². The smallest absolute Gasteiger partial charge is 0.336 e. The number of hydrogen-bond acceptors (Lipinski definition) is 4. The van der Waals surface area contributed by atoms with Crippen molar-refractivity contribution in [2.45, 2.75) is 50.2 Å². The van der Waals surface area contributed by atoms with E-state index >= 15 is 0 Å². The van der Waals surface area contributed by atoms with Crippen molar-refractivity contribution < 1.29 is 9.52 Å². The van der Waals surface area contributed by atoms with Gasteiger partial charge in [-0.25, -0.2) is 4.79 Å². The Labute approximate surface area is 123 Å². The van der Waals surface area contributed by atoms with Gasteiger partial charge >= 0.3 is 5.63 Å². The summed E-state index contributed by atoms with van der Waals surface area (Å²) in [7, 11) is 0. The molecular formula is C17H21NO3. The lowest BCUT2D eigenvalue weighted by atomic mass is 9.79. The third-order valence-corrected chi connectivity index (χ3v) is 4.55. The van der Waals surface area contributed by atoms with Gasteiger partial charge in [0.05, 0.1) is 5.60 Å². The molecule has 0 atom stereocenters. The molecule has 0 amide bonds. The Bertz CT molecular complexity index is 684. The summed E-state index contributed by atoms with van der Waals surface area (Å²) in [5, 5.41) is 11.6. The van der Waals surface area contributed by atoms with Gasteiger partial charge in [0.15, 0.2) is 0 Å². The van der Waals surface area contributed by atoms with Crippen LogP contribution in [0.3, 0.4) is 0 Å². The molecule has 1 fully saturated rings. The summed E-state index contributed by atoms with van der Waals surface area (Å²) in [6.45, 7) is 0. The summed E-state index contributed by atoms with van der Waals surface area (Å²) in [5.74, 6) is 0. The first-order valence-corrected chi connectivity index (χ1v) is 7.55. The highest BCUT2D eigenvalue weighted by molar-refractivity contribution is 5.79. The fourth-order valence-electron chi connectivity index (χ4n) is 3.14. The van der Waals surface area contributed by atoms with Crippen LogP contribution in [0.15, 0.2) is 39.5 Å². The van der Waals surface area contributed by atoms with Crippen LogP contribution in [0.4, 0.5) is 0 Å². The van der Waals surface area contributed by atoms with Crippen molar-refractivity contribution in [3.63, 3.8) is 0 Å². The van der Waals surface area contributed by atoms with Crippen LogP contribution < -0.4 is 11.4 Å². The largest absolute Gasteiger partial charge is 0.422 e. The average molecular weight is 287 g/mol. The van der Waals surface area contributed by atoms with Crippen LogP contribution in [-0.4, -0.2) is 16.7 Å². The number of nitrogens with two attached hydrogens (primary N) is 1. The molecule has 3 N–H and O–H groups in total. The third kappa shape index (κ3) is 3.17. The average Bonchev–Trinajstić information content (AvgIpc) is 2.49. The van der Waals surface area contributed by atoms with Gasteiger partial charge in [0, 0.05) is 17.5 Å². The Hall–Kier alpha value is -1.65. The number of rotatable bonds is 3. The molecule has 21 heavy (non-hydrogen) atoms. The standard InChI is InChI=1S/C17H21NO3/c18-14-7-10-17(20,11-8-14)9-6-13-3-1-2-12-4-5-15(19)21-16(12)13/h1-5,14,20H,6-11,18H2/t14-,17+. The minimum atomic E-state index is -0.632. The second-order valence-electron chi connectivity index (χ2n) is 6.15. The molecule has 3 rings (SSSR count). The van der Waals surface area contributed by atoms with Crippen LogP contribution in [0.5, 0.6) is 0 Å². The zero-order valence-corrected chi connectivity index (χ0v) is 12.0. The predicted octanol–water partition coefficient (Wildman–Crippen LogP) is 2.36. The summed E-state index contributed by atoms with van der Waals surface area (Å²) < 4.78 is 5.33. The summed E-state index contributed by atoms with van der Waals surface area (Å²) >= 11 is 0. The van der Waals surface area contributed by atoms with Crippen molar-refractivity contribution >= 4 is 11.0 Å². The van der Waals surface area contributed by atoms with E-state index in [2.05, 4.69) is 0 Å². The zero-order chi connectivity index (χ0) is 14.9. The van der Waals surface area contributed by atoms with Gasteiger partial charge in [-0.1, -0.05) is 18.2 Å². The monoisotopic (exact) mass is 287 g/mol. The van der Waals surface area contributed by atoms with Gasteiger partial charge < -0.3 is 15.3 Å². The molecule has 4 nitrogen and oxygen atoms in total. The highest BCUT2D eigenvalue weighted by Gasteiger charge is 2.31. The number of hydrogen-bond donors (Lipinski definition) is 2. The Balaban J connectivity index is 1.79. The molecule has 0 unspecified atom stereocenters. The quantitative estimate of drug-likeness (QED) is 0.850. The molecule has 0 radical (unpaired) electrons. The minimum Gasteiger partial charge on any atom is -0.422 e. The van der Waals surface area contributed by atoms with Gasteiger partial charge in [0.2, 0.25) is 0 Å². The molecular weight excluding hydrogens is 266 g/mol. The Morgan fingerprint density at radius 2 is 2.00 bits per heavy atom. The first-order chi connectivity index (χ1) is 10.1. The molecule has 2 aromatic rings. The van der Waals surface area contributed by atoms with Crippen LogP contribution in [0, 0.1) is 0 Å². The summed E-state index contributed by atoms with van der Waals surface area (Å²) in [6.07, 6.45) is 4.64. The molecule has 0 bridgehead atoms. The Morgan fingerprint density at radius 3 is 2.76 bits per heavy atom. The lowest BCUT2D eigenvalue weighted by Crippen LogP contribution is -2.39. The zero-order valence-electron chi connectivity index (χ0n) is 12.0. The number of benzene rings is 1. The molecule has 4 heteroatoms. The van der Waals surface area contributed by atoms with Crippen molar-refractivity contribution in [3.05, 3.63) is 46.3 Å². The number of fused-ring (bicyclic) bond motifs is 1. The van der Waals surface area contributed by atoms with Crippen molar-refractivity contribution in [3.8, 4) is 0 Å². The Kier molecular flexibility index (Phi) is 3.83. The van der Waals surface area contributed by atoms with Crippen LogP contribution >= 0.6 is 0 Å². The molecule has 0 spiro atoms. The van der Waals surface area contributed by atoms with E-state index in [1.807, 2.05) is 18.2 Å². The van der Waals surface area contributed by atoms with Gasteiger partial charge in [-0.2, -0.15) is 0 Å². The summed E-state index contributed by atoms with van der Waals surface area (Å²) in [4.78, 5) is 11.4. The van der Waals surface area contributed by atoms with E-state index in [1.54, 1.807) is 6.07 Å². The second kappa shape index (κ2) is 5.62.